The molecule has 3 atom stereocenters. The van der Waals surface area contributed by atoms with Crippen molar-refractivity contribution in [3.05, 3.63) is 56.9 Å². The Morgan fingerprint density at radius 1 is 0.883 bits per heavy atom. The Morgan fingerprint density at radius 3 is 2.05 bits per heavy atom. The Morgan fingerprint density at radius 2 is 1.48 bits per heavy atom. The van der Waals surface area contributed by atoms with Gasteiger partial charge in [0.1, 0.15) is 12.4 Å². The summed E-state index contributed by atoms with van der Waals surface area (Å²) in [5.41, 5.74) is 11.1. The van der Waals surface area contributed by atoms with Crippen LogP contribution in [0.1, 0.15) is 81.0 Å². The number of piperidine rings is 1. The number of nitrogens with zero attached hydrogens (tertiary/aromatic N) is 5. The van der Waals surface area contributed by atoms with Gasteiger partial charge in [-0.05, 0) is 68.4 Å². The van der Waals surface area contributed by atoms with Gasteiger partial charge in [0, 0.05) is 67.9 Å². The molecule has 3 amide bonds. The molecule has 18 nitrogen and oxygen atoms in total. The van der Waals surface area contributed by atoms with Gasteiger partial charge in [-0.15, -0.1) is 0 Å². The van der Waals surface area contributed by atoms with Gasteiger partial charge in [-0.2, -0.15) is 0 Å². The number of hydrogen-bond donors (Lipinski definition) is 5. The number of benzene rings is 1. The fraction of sp³-hybridized carbons (Fsp3) is 0.537. The van der Waals surface area contributed by atoms with Gasteiger partial charge in [-0.25, -0.2) is 19.4 Å². The van der Waals surface area contributed by atoms with Gasteiger partial charge in [0.05, 0.1) is 29.0 Å². The number of hydrogen-bond acceptors (Lipinski definition) is 12. The van der Waals surface area contributed by atoms with Gasteiger partial charge in [0.15, 0.2) is 11.0 Å². The smallest absolute Gasteiger partial charge is 0.480 e. The number of fused-ring (bicyclic) bond motifs is 5. The first-order chi connectivity index (χ1) is 28.1. The number of carboxylic acids is 2. The molecule has 19 heteroatoms. The molecule has 7 N–H and O–H groups in total. The number of urea groups is 1. The standard InChI is InChI=1S/C35H37N5O11.C6H14N2.Pt/c1-3-20-21-15-19(51-33(48)39-13-11-38(12-14-39)32(47)37-9-7-34(8-10-37,29(42)43)30(44)45)5-6-25(21)36-27-22(20)17-40-26(27)16-24-23(28(40)41)18-50-31(46)35(24,49)4-2;7-5-3-1-2-4-6(5)8;/h5-6,15-16,49H,3-4,7-14,17-18H2,1-2H3,(H,42,43)(H,44,45);5-6H,1-4,7-8H2;/q;;+4/t35-;5-,6-;/m01./s1. The van der Waals surface area contributed by atoms with Gasteiger partial charge < -0.3 is 55.5 Å². The number of carboxylic acid groups (broad SMARTS) is 2. The quantitative estimate of drug-likeness (QED) is 0.142. The van der Waals surface area contributed by atoms with E-state index in [4.69, 9.17) is 25.9 Å². The Balaban J connectivity index is 0.000000602. The molecular formula is C41H51N7O11Pt+4. The molecule has 3 aromatic rings. The average molecular weight is 1010 g/mol. The summed E-state index contributed by atoms with van der Waals surface area (Å²) in [5.74, 6) is -3.31. The first-order valence-electron chi connectivity index (χ1n) is 20.2. The van der Waals surface area contributed by atoms with Crippen LogP contribution in [0, 0.1) is 5.41 Å². The van der Waals surface area contributed by atoms with Crippen LogP contribution in [0.5, 0.6) is 5.75 Å². The number of aliphatic carboxylic acids is 2. The van der Waals surface area contributed by atoms with Gasteiger partial charge >= 0.3 is 51.1 Å². The SMILES string of the molecule is CCc1c2c(nc3ccc(OC(=O)N4CCN(C(=O)N5CCC(C(=O)O)(C(=O)O)CC5)CC4)cc13)-c1cc3c(c(=O)n1C2)COC(=O)[C@]3(O)CC.N[C@@H]1CCCC[C@H]1N.[Pt+4]. The number of likely N-dealkylation sites (tertiary alicyclic amines) is 1. The summed E-state index contributed by atoms with van der Waals surface area (Å²) in [7, 11) is 0. The Bertz CT molecular complexity index is 2240. The second-order valence-corrected chi connectivity index (χ2v) is 16.0. The summed E-state index contributed by atoms with van der Waals surface area (Å²) in [6.07, 6.45) is 4.46. The van der Waals surface area contributed by atoms with Crippen LogP contribution in [0.3, 0.4) is 0 Å². The van der Waals surface area contributed by atoms with Crippen molar-refractivity contribution in [2.45, 2.75) is 96.1 Å². The second kappa shape index (κ2) is 17.6. The molecule has 0 spiro atoms. The van der Waals surface area contributed by atoms with E-state index in [0.717, 1.165) is 29.4 Å². The van der Waals surface area contributed by atoms with E-state index in [1.165, 1.54) is 22.6 Å². The van der Waals surface area contributed by atoms with Crippen molar-refractivity contribution in [1.82, 2.24) is 24.3 Å². The van der Waals surface area contributed by atoms with Crippen LogP contribution in [0.2, 0.25) is 0 Å². The maximum Gasteiger partial charge on any atom is 4.00 e. The normalized spacial score (nSPS) is 22.9. The first-order valence-corrected chi connectivity index (χ1v) is 20.2. The fourth-order valence-electron chi connectivity index (χ4n) is 8.84. The molecule has 5 aliphatic rings. The predicted molar refractivity (Wildman–Crippen MR) is 211 cm³/mol. The monoisotopic (exact) mass is 1010 g/mol. The van der Waals surface area contributed by atoms with Crippen molar-refractivity contribution in [1.29, 1.82) is 0 Å². The van der Waals surface area contributed by atoms with Gasteiger partial charge in [-0.3, -0.25) is 14.4 Å². The summed E-state index contributed by atoms with van der Waals surface area (Å²) < 4.78 is 12.5. The fourth-order valence-corrected chi connectivity index (χ4v) is 8.84. The molecule has 2 aromatic heterocycles. The predicted octanol–water partition coefficient (Wildman–Crippen LogP) is 2.34. The van der Waals surface area contributed by atoms with Crippen LogP contribution >= 0.6 is 0 Å². The van der Waals surface area contributed by atoms with Crippen molar-refractivity contribution in [3.63, 3.8) is 0 Å². The number of piperazine rings is 1. The van der Waals surface area contributed by atoms with E-state index in [-0.39, 0.29) is 128 Å². The number of cyclic esters (lactones) is 1. The molecule has 0 radical (unpaired) electrons. The third kappa shape index (κ3) is 7.90. The maximum absolute atomic E-state index is 13.6. The number of rotatable bonds is 5. The Labute approximate surface area is 360 Å². The van der Waals surface area contributed by atoms with E-state index < -0.39 is 35.0 Å². The minimum atomic E-state index is -1.93. The van der Waals surface area contributed by atoms with E-state index in [9.17, 15) is 44.1 Å². The summed E-state index contributed by atoms with van der Waals surface area (Å²) >= 11 is 0. The van der Waals surface area contributed by atoms with Crippen LogP contribution in [0.4, 0.5) is 9.59 Å². The largest absolute Gasteiger partial charge is 4.00 e. The summed E-state index contributed by atoms with van der Waals surface area (Å²) in [6, 6.07) is 7.00. The zero-order valence-corrected chi connectivity index (χ0v) is 35.9. The molecule has 322 valence electrons. The Hall–Kier alpha value is -4.90. The van der Waals surface area contributed by atoms with Crippen LogP contribution in [0.15, 0.2) is 29.1 Å². The number of ether oxygens (including phenoxy) is 2. The van der Waals surface area contributed by atoms with Crippen LogP contribution in [0.25, 0.3) is 22.3 Å². The number of nitrogens with two attached hydrogens (primary N) is 2. The third-order valence-corrected chi connectivity index (χ3v) is 12.7. The zero-order chi connectivity index (χ0) is 42.4. The maximum atomic E-state index is 13.6. The minimum absolute atomic E-state index is 0. The molecule has 60 heavy (non-hydrogen) atoms. The van der Waals surface area contributed by atoms with E-state index in [1.54, 1.807) is 40.7 Å². The van der Waals surface area contributed by atoms with E-state index in [0.29, 0.717) is 29.1 Å². The molecule has 2 saturated heterocycles. The number of carbonyl (C=O) groups excluding carboxylic acids is 3. The van der Waals surface area contributed by atoms with E-state index >= 15 is 0 Å². The summed E-state index contributed by atoms with van der Waals surface area (Å²) in [5, 5.41) is 30.8. The molecule has 1 aromatic carbocycles. The summed E-state index contributed by atoms with van der Waals surface area (Å²) in [4.78, 5) is 85.1. The molecule has 1 saturated carbocycles. The van der Waals surface area contributed by atoms with E-state index in [1.807, 2.05) is 6.92 Å². The van der Waals surface area contributed by atoms with Crippen LogP contribution < -0.4 is 21.8 Å². The third-order valence-electron chi connectivity index (χ3n) is 12.7. The molecule has 3 fully saturated rings. The number of aliphatic hydroxyl groups is 1. The molecule has 6 heterocycles. The minimum Gasteiger partial charge on any atom is -0.480 e. The number of aromatic nitrogens is 2. The number of carbonyl (C=O) groups is 5. The Kier molecular flexibility index (Phi) is 13.1. The summed E-state index contributed by atoms with van der Waals surface area (Å²) in [6.45, 7) is 4.51. The van der Waals surface area contributed by atoms with Gasteiger partial charge in [-0.1, -0.05) is 26.7 Å². The van der Waals surface area contributed by atoms with Crippen molar-refractivity contribution in [2.24, 2.45) is 16.9 Å². The second-order valence-electron chi connectivity index (χ2n) is 16.0. The first kappa shape index (κ1) is 44.6. The zero-order valence-electron chi connectivity index (χ0n) is 33.6. The van der Waals surface area contributed by atoms with Crippen molar-refractivity contribution in [3.8, 4) is 17.1 Å². The molecule has 0 bridgehead atoms. The van der Waals surface area contributed by atoms with Gasteiger partial charge in [0.25, 0.3) is 5.56 Å². The van der Waals surface area contributed by atoms with Crippen molar-refractivity contribution < 1.29 is 69.8 Å². The molecule has 1 aliphatic carbocycles. The molecule has 0 unspecified atom stereocenters. The average Bonchev–Trinajstić information content (AvgIpc) is 3.60. The molecular weight excluding hydrogens is 962 g/mol. The molecule has 4 aliphatic heterocycles. The van der Waals surface area contributed by atoms with Crippen molar-refractivity contribution in [2.75, 3.05) is 39.3 Å². The number of aryl methyl sites for hydroxylation is 1. The topological polar surface area (TPSA) is 261 Å². The van der Waals surface area contributed by atoms with Crippen molar-refractivity contribution >= 4 is 40.9 Å². The van der Waals surface area contributed by atoms with Crippen LogP contribution in [-0.4, -0.2) is 121 Å². The van der Waals surface area contributed by atoms with E-state index in [2.05, 4.69) is 0 Å². The number of amides is 3. The number of esters is 1. The molecule has 8 rings (SSSR count). The van der Waals surface area contributed by atoms with Crippen LogP contribution in [-0.2, 0) is 65.4 Å². The number of pyridine rings is 2. The van der Waals surface area contributed by atoms with Gasteiger partial charge in [0.2, 0.25) is 0 Å².